The minimum atomic E-state index is -0.929. The van der Waals surface area contributed by atoms with E-state index in [1.165, 1.54) is 7.11 Å². The van der Waals surface area contributed by atoms with Crippen LogP contribution in [0.2, 0.25) is 5.02 Å². The molecule has 0 saturated carbocycles. The van der Waals surface area contributed by atoms with Gasteiger partial charge in [-0.3, -0.25) is 5.32 Å². The van der Waals surface area contributed by atoms with Crippen LogP contribution in [0.3, 0.4) is 0 Å². The Kier molecular flexibility index (Phi) is 4.98. The zero-order chi connectivity index (χ0) is 13.1. The number of hydrogen-bond donors (Lipinski definition) is 1. The van der Waals surface area contributed by atoms with Crippen LogP contribution >= 0.6 is 27.5 Å². The number of carbonyl (C=O) groups is 1. The Bertz CT molecular complexity index is 425. The van der Waals surface area contributed by atoms with Crippen molar-refractivity contribution in [1.29, 1.82) is 0 Å². The quantitative estimate of drug-likeness (QED) is 0.866. The van der Waals surface area contributed by atoms with Crippen LogP contribution in [0.1, 0.15) is 19.4 Å². The molecule has 0 bridgehead atoms. The predicted octanol–water partition coefficient (Wildman–Crippen LogP) is 3.10. The molecule has 17 heavy (non-hydrogen) atoms. The number of ether oxygens (including phenoxy) is 1. The normalized spacial score (nSPS) is 14.2. The molecule has 1 N–H and O–H groups in total. The van der Waals surface area contributed by atoms with Crippen molar-refractivity contribution in [3.05, 3.63) is 33.3 Å². The van der Waals surface area contributed by atoms with Crippen molar-refractivity contribution in [3.63, 3.8) is 0 Å². The third kappa shape index (κ3) is 3.00. The van der Waals surface area contributed by atoms with Crippen LogP contribution in [0.4, 0.5) is 0 Å². The van der Waals surface area contributed by atoms with E-state index in [9.17, 15) is 4.79 Å². The zero-order valence-corrected chi connectivity index (χ0v) is 12.4. The molecule has 1 rings (SSSR count). The number of likely N-dealkylation sites (N-methyl/N-ethyl adjacent to an activating group) is 1. The average molecular weight is 321 g/mol. The molecule has 3 nitrogen and oxygen atoms in total. The predicted molar refractivity (Wildman–Crippen MR) is 72.2 cm³/mol. The Labute approximate surface area is 115 Å². The van der Waals surface area contributed by atoms with Gasteiger partial charge in [-0.05, 0) is 25.6 Å². The smallest absolute Gasteiger partial charge is 0.330 e. The summed E-state index contributed by atoms with van der Waals surface area (Å²) in [6.07, 6.45) is 0. The molecular weight excluding hydrogens is 305 g/mol. The summed E-state index contributed by atoms with van der Waals surface area (Å²) in [4.78, 5) is 11.9. The van der Waals surface area contributed by atoms with Gasteiger partial charge < -0.3 is 4.74 Å². The van der Waals surface area contributed by atoms with Gasteiger partial charge in [0.05, 0.1) is 7.11 Å². The van der Waals surface area contributed by atoms with Gasteiger partial charge in [-0.25, -0.2) is 4.79 Å². The van der Waals surface area contributed by atoms with E-state index in [1.807, 2.05) is 19.1 Å². The van der Waals surface area contributed by atoms with E-state index in [1.54, 1.807) is 13.0 Å². The van der Waals surface area contributed by atoms with Crippen LogP contribution in [0, 0.1) is 0 Å². The van der Waals surface area contributed by atoms with Crippen LogP contribution in [-0.4, -0.2) is 19.6 Å². The fraction of sp³-hybridized carbons (Fsp3) is 0.417. The van der Waals surface area contributed by atoms with Gasteiger partial charge >= 0.3 is 5.97 Å². The topological polar surface area (TPSA) is 38.3 Å². The molecule has 0 aliphatic heterocycles. The Hall–Kier alpha value is -0.580. The molecule has 0 heterocycles. The number of methoxy groups -OCH3 is 1. The highest BCUT2D eigenvalue weighted by Crippen LogP contribution is 2.31. The fourth-order valence-electron chi connectivity index (χ4n) is 1.73. The van der Waals surface area contributed by atoms with E-state index in [0.29, 0.717) is 17.1 Å². The summed E-state index contributed by atoms with van der Waals surface area (Å²) >= 11 is 9.51. The molecule has 0 radical (unpaired) electrons. The molecule has 0 saturated heterocycles. The van der Waals surface area contributed by atoms with Crippen LogP contribution in [0.15, 0.2) is 22.7 Å². The van der Waals surface area contributed by atoms with Gasteiger partial charge in [0.1, 0.15) is 5.54 Å². The minimum absolute atomic E-state index is 0.358. The lowest BCUT2D eigenvalue weighted by atomic mass is 9.92. The number of nitrogens with one attached hydrogen (secondary N) is 1. The average Bonchev–Trinajstić information content (AvgIpc) is 2.27. The van der Waals surface area contributed by atoms with Crippen LogP contribution in [0.5, 0.6) is 0 Å². The lowest BCUT2D eigenvalue weighted by molar-refractivity contribution is -0.148. The Balaban J connectivity index is 3.26. The molecular formula is C12H15BrClNO2. The first-order valence-electron chi connectivity index (χ1n) is 5.24. The summed E-state index contributed by atoms with van der Waals surface area (Å²) in [5.41, 5.74) is -0.225. The summed E-state index contributed by atoms with van der Waals surface area (Å²) in [6, 6.07) is 5.42. The van der Waals surface area contributed by atoms with E-state index < -0.39 is 5.54 Å². The first kappa shape index (κ1) is 14.5. The van der Waals surface area contributed by atoms with Gasteiger partial charge in [0.25, 0.3) is 0 Å². The molecule has 1 unspecified atom stereocenters. The second-order valence-corrected chi connectivity index (χ2v) is 5.09. The number of hydrogen-bond acceptors (Lipinski definition) is 3. The third-order valence-corrected chi connectivity index (χ3v) is 3.40. The largest absolute Gasteiger partial charge is 0.467 e. The Morgan fingerprint density at radius 2 is 2.24 bits per heavy atom. The molecule has 1 atom stereocenters. The molecule has 1 aromatic carbocycles. The number of halogens is 2. The SMILES string of the molecule is CCNC(C)(C(=O)OC)c1ccc(Br)cc1Cl. The summed E-state index contributed by atoms with van der Waals surface area (Å²) in [5.74, 6) is -0.358. The van der Waals surface area contributed by atoms with E-state index in [4.69, 9.17) is 16.3 Å². The maximum atomic E-state index is 11.9. The first-order valence-corrected chi connectivity index (χ1v) is 6.41. The van der Waals surface area contributed by atoms with Gasteiger partial charge in [-0.2, -0.15) is 0 Å². The Morgan fingerprint density at radius 3 is 2.71 bits per heavy atom. The minimum Gasteiger partial charge on any atom is -0.467 e. The molecule has 94 valence electrons. The van der Waals surface area contributed by atoms with Crippen molar-refractivity contribution in [2.24, 2.45) is 0 Å². The molecule has 0 aromatic heterocycles. The monoisotopic (exact) mass is 319 g/mol. The molecule has 0 aliphatic carbocycles. The molecule has 0 spiro atoms. The number of esters is 1. The lowest BCUT2D eigenvalue weighted by Crippen LogP contribution is -2.47. The number of carbonyl (C=O) groups excluding carboxylic acids is 1. The second kappa shape index (κ2) is 5.85. The van der Waals surface area contributed by atoms with Crippen LogP contribution in [0.25, 0.3) is 0 Å². The third-order valence-electron chi connectivity index (χ3n) is 2.59. The second-order valence-electron chi connectivity index (χ2n) is 3.77. The van der Waals surface area contributed by atoms with Gasteiger partial charge in [-0.15, -0.1) is 0 Å². The summed E-state index contributed by atoms with van der Waals surface area (Å²) < 4.78 is 5.71. The van der Waals surface area contributed by atoms with Crippen LogP contribution < -0.4 is 5.32 Å². The Morgan fingerprint density at radius 1 is 1.59 bits per heavy atom. The highest BCUT2D eigenvalue weighted by atomic mass is 79.9. The highest BCUT2D eigenvalue weighted by molar-refractivity contribution is 9.10. The summed E-state index contributed by atoms with van der Waals surface area (Å²) in [6.45, 7) is 4.32. The van der Waals surface area contributed by atoms with Gasteiger partial charge in [-0.1, -0.05) is 40.5 Å². The van der Waals surface area contributed by atoms with Crippen molar-refractivity contribution >= 4 is 33.5 Å². The maximum absolute atomic E-state index is 11.9. The summed E-state index contributed by atoms with van der Waals surface area (Å²) in [7, 11) is 1.37. The van der Waals surface area contributed by atoms with Crippen molar-refractivity contribution in [2.45, 2.75) is 19.4 Å². The van der Waals surface area contributed by atoms with E-state index in [-0.39, 0.29) is 5.97 Å². The van der Waals surface area contributed by atoms with Crippen molar-refractivity contribution in [3.8, 4) is 0 Å². The van der Waals surface area contributed by atoms with E-state index in [2.05, 4.69) is 21.2 Å². The molecule has 1 aromatic rings. The lowest BCUT2D eigenvalue weighted by Gasteiger charge is -2.29. The molecule has 0 fully saturated rings. The zero-order valence-electron chi connectivity index (χ0n) is 10.0. The van der Waals surface area contributed by atoms with Crippen LogP contribution in [-0.2, 0) is 15.1 Å². The van der Waals surface area contributed by atoms with Gasteiger partial charge in [0, 0.05) is 15.1 Å². The first-order chi connectivity index (χ1) is 7.95. The van der Waals surface area contributed by atoms with Gasteiger partial charge in [0.15, 0.2) is 0 Å². The number of rotatable bonds is 4. The van der Waals surface area contributed by atoms with E-state index in [0.717, 1.165) is 4.47 Å². The van der Waals surface area contributed by atoms with E-state index >= 15 is 0 Å². The van der Waals surface area contributed by atoms with Crippen molar-refractivity contribution in [2.75, 3.05) is 13.7 Å². The van der Waals surface area contributed by atoms with Crippen molar-refractivity contribution < 1.29 is 9.53 Å². The molecule has 5 heteroatoms. The fourth-order valence-corrected chi connectivity index (χ4v) is 2.59. The standard InChI is InChI=1S/C12H15BrClNO2/c1-4-15-12(2,11(16)17-3)9-6-5-8(13)7-10(9)14/h5-7,15H,4H2,1-3H3. The number of benzene rings is 1. The molecule has 0 amide bonds. The van der Waals surface area contributed by atoms with Crippen molar-refractivity contribution in [1.82, 2.24) is 5.32 Å². The van der Waals surface area contributed by atoms with Gasteiger partial charge in [0.2, 0.25) is 0 Å². The maximum Gasteiger partial charge on any atom is 0.330 e. The highest BCUT2D eigenvalue weighted by Gasteiger charge is 2.37. The summed E-state index contributed by atoms with van der Waals surface area (Å²) in [5, 5.41) is 3.63. The molecule has 0 aliphatic rings.